The van der Waals surface area contributed by atoms with E-state index in [2.05, 4.69) is 17.2 Å². The minimum Gasteiger partial charge on any atom is -0.310 e. The molecule has 3 heteroatoms. The molecule has 0 saturated carbocycles. The van der Waals surface area contributed by atoms with E-state index in [1.165, 1.54) is 0 Å². The molecule has 1 N–H and O–H groups in total. The van der Waals surface area contributed by atoms with Crippen molar-refractivity contribution in [2.75, 3.05) is 0 Å². The van der Waals surface area contributed by atoms with E-state index in [1.54, 1.807) is 0 Å². The third-order valence-electron chi connectivity index (χ3n) is 1.95. The lowest BCUT2D eigenvalue weighted by atomic mass is 10.1. The molecule has 0 spiro atoms. The molecule has 2 rings (SSSR count). The summed E-state index contributed by atoms with van der Waals surface area (Å²) in [7, 11) is 0. The van der Waals surface area contributed by atoms with Crippen LogP contribution in [0.1, 0.15) is 13.3 Å². The van der Waals surface area contributed by atoms with Gasteiger partial charge in [0.05, 0.1) is 6.42 Å². The van der Waals surface area contributed by atoms with Gasteiger partial charge in [-0.1, -0.05) is 19.1 Å². The van der Waals surface area contributed by atoms with Crippen LogP contribution in [-0.4, -0.2) is 12.1 Å². The number of hydrogen-bond donors (Lipinski definition) is 1. The van der Waals surface area contributed by atoms with Crippen LogP contribution in [0.25, 0.3) is 0 Å². The number of nitrogens with one attached hydrogen (secondary N) is 1. The summed E-state index contributed by atoms with van der Waals surface area (Å²) in [6.45, 7) is 2.06. The van der Waals surface area contributed by atoms with Crippen LogP contribution in [0.15, 0.2) is 28.5 Å². The molecule has 1 unspecified atom stereocenters. The third-order valence-corrected chi connectivity index (χ3v) is 1.95. The second kappa shape index (κ2) is 2.59. The van der Waals surface area contributed by atoms with E-state index in [4.69, 9.17) is 0 Å². The van der Waals surface area contributed by atoms with Crippen LogP contribution in [0.5, 0.6) is 0 Å². The summed E-state index contributed by atoms with van der Waals surface area (Å²) in [6.07, 6.45) is 6.33. The monoisotopic (exact) mass is 162 g/mol. The summed E-state index contributed by atoms with van der Waals surface area (Å²) in [4.78, 5) is 15.1. The van der Waals surface area contributed by atoms with Crippen molar-refractivity contribution in [1.29, 1.82) is 0 Å². The van der Waals surface area contributed by atoms with Gasteiger partial charge in [0, 0.05) is 17.7 Å². The fraction of sp³-hybridized carbons (Fsp3) is 0.333. The highest BCUT2D eigenvalue weighted by atomic mass is 16.1. The number of amides is 1. The second-order valence-corrected chi connectivity index (χ2v) is 3.10. The van der Waals surface area contributed by atoms with Gasteiger partial charge in [0.15, 0.2) is 0 Å². The van der Waals surface area contributed by atoms with Crippen LogP contribution in [0.2, 0.25) is 0 Å². The van der Waals surface area contributed by atoms with Gasteiger partial charge in [-0.05, 0) is 0 Å². The zero-order valence-corrected chi connectivity index (χ0v) is 6.87. The Hall–Kier alpha value is -1.38. The average molecular weight is 162 g/mol. The molecule has 12 heavy (non-hydrogen) atoms. The molecule has 0 aliphatic carbocycles. The van der Waals surface area contributed by atoms with Gasteiger partial charge in [0.1, 0.15) is 5.82 Å². The van der Waals surface area contributed by atoms with Crippen molar-refractivity contribution in [3.63, 3.8) is 0 Å². The van der Waals surface area contributed by atoms with Crippen molar-refractivity contribution < 1.29 is 4.79 Å². The molecule has 2 aliphatic rings. The smallest absolute Gasteiger partial charge is 0.230 e. The van der Waals surface area contributed by atoms with Crippen molar-refractivity contribution in [1.82, 2.24) is 5.32 Å². The van der Waals surface area contributed by atoms with Crippen LogP contribution in [-0.2, 0) is 4.79 Å². The number of allylic oxidation sites excluding steroid dienone is 2. The number of carbonyl (C=O) groups excluding carboxylic acids is 1. The Balaban J connectivity index is 2.31. The lowest BCUT2D eigenvalue weighted by Crippen LogP contribution is -2.14. The minimum atomic E-state index is 0.0383. The number of nitrogens with zero attached hydrogens (tertiary/aromatic N) is 1. The van der Waals surface area contributed by atoms with Crippen molar-refractivity contribution in [2.24, 2.45) is 10.9 Å². The van der Waals surface area contributed by atoms with Gasteiger partial charge in [0.2, 0.25) is 5.91 Å². The summed E-state index contributed by atoms with van der Waals surface area (Å²) in [5.74, 6) is 1.12. The Labute approximate surface area is 70.9 Å². The van der Waals surface area contributed by atoms with E-state index in [0.717, 1.165) is 11.4 Å². The maximum Gasteiger partial charge on any atom is 0.230 e. The Morgan fingerprint density at radius 1 is 1.67 bits per heavy atom. The van der Waals surface area contributed by atoms with Crippen LogP contribution in [0.3, 0.4) is 0 Å². The molecule has 0 radical (unpaired) electrons. The maximum absolute atomic E-state index is 10.9. The number of aliphatic imine (C=N–C) groups is 1. The van der Waals surface area contributed by atoms with Crippen LogP contribution in [0, 0.1) is 5.92 Å². The van der Waals surface area contributed by atoms with E-state index in [0.29, 0.717) is 12.3 Å². The maximum atomic E-state index is 10.9. The summed E-state index contributed by atoms with van der Waals surface area (Å²) in [5, 5.41) is 2.71. The first kappa shape index (κ1) is 7.28. The average Bonchev–Trinajstić information content (AvgIpc) is 2.31. The molecule has 2 aliphatic heterocycles. The van der Waals surface area contributed by atoms with Crippen molar-refractivity contribution >= 4 is 12.1 Å². The first-order chi connectivity index (χ1) is 5.75. The lowest BCUT2D eigenvalue weighted by Gasteiger charge is -1.95. The Bertz CT molecular complexity index is 284. The molecular formula is C9H10N2O. The van der Waals surface area contributed by atoms with Crippen LogP contribution >= 0.6 is 0 Å². The largest absolute Gasteiger partial charge is 0.310 e. The standard InChI is InChI=1S/C9H10N2O/c1-6-2-3-7-4-8(12)11-9(7)10-5-6/h2-3,5-6H,4H2,1H3,(H,11,12). The highest BCUT2D eigenvalue weighted by Gasteiger charge is 2.19. The van der Waals surface area contributed by atoms with E-state index in [9.17, 15) is 4.79 Å². The molecule has 3 nitrogen and oxygen atoms in total. The normalized spacial score (nSPS) is 27.1. The molecule has 0 aromatic carbocycles. The molecular weight excluding hydrogens is 152 g/mol. The molecule has 0 saturated heterocycles. The van der Waals surface area contributed by atoms with E-state index in [1.807, 2.05) is 18.4 Å². The van der Waals surface area contributed by atoms with E-state index >= 15 is 0 Å². The van der Waals surface area contributed by atoms with Gasteiger partial charge in [-0.25, -0.2) is 4.99 Å². The van der Waals surface area contributed by atoms with Gasteiger partial charge in [0.25, 0.3) is 0 Å². The van der Waals surface area contributed by atoms with Crippen molar-refractivity contribution in [2.45, 2.75) is 13.3 Å². The van der Waals surface area contributed by atoms with E-state index < -0.39 is 0 Å². The van der Waals surface area contributed by atoms with Crippen molar-refractivity contribution in [3.05, 3.63) is 23.5 Å². The summed E-state index contributed by atoms with van der Waals surface area (Å²) < 4.78 is 0. The molecule has 2 heterocycles. The number of rotatable bonds is 0. The fourth-order valence-corrected chi connectivity index (χ4v) is 1.28. The Kier molecular flexibility index (Phi) is 1.57. The zero-order chi connectivity index (χ0) is 8.55. The fourth-order valence-electron chi connectivity index (χ4n) is 1.28. The van der Waals surface area contributed by atoms with Gasteiger partial charge < -0.3 is 5.32 Å². The molecule has 1 amide bonds. The van der Waals surface area contributed by atoms with Crippen LogP contribution < -0.4 is 5.32 Å². The lowest BCUT2D eigenvalue weighted by molar-refractivity contribution is -0.118. The van der Waals surface area contributed by atoms with E-state index in [-0.39, 0.29) is 5.91 Å². The SMILES string of the molecule is CC1C=CC2=C(N=C1)NC(=O)C2. The highest BCUT2D eigenvalue weighted by Crippen LogP contribution is 2.19. The zero-order valence-electron chi connectivity index (χ0n) is 6.87. The number of hydrogen-bond acceptors (Lipinski definition) is 2. The van der Waals surface area contributed by atoms with Gasteiger partial charge in [-0.3, -0.25) is 4.79 Å². The number of carbonyl (C=O) groups is 1. The molecule has 0 fully saturated rings. The Morgan fingerprint density at radius 3 is 3.33 bits per heavy atom. The second-order valence-electron chi connectivity index (χ2n) is 3.10. The topological polar surface area (TPSA) is 41.5 Å². The highest BCUT2D eigenvalue weighted by molar-refractivity contribution is 5.86. The summed E-state index contributed by atoms with van der Waals surface area (Å²) in [6, 6.07) is 0. The first-order valence-corrected chi connectivity index (χ1v) is 4.01. The van der Waals surface area contributed by atoms with Gasteiger partial charge in [-0.15, -0.1) is 0 Å². The van der Waals surface area contributed by atoms with Gasteiger partial charge >= 0.3 is 0 Å². The predicted octanol–water partition coefficient (Wildman–Crippen LogP) is 0.995. The molecule has 62 valence electrons. The third kappa shape index (κ3) is 1.18. The molecule has 0 aromatic rings. The Morgan fingerprint density at radius 2 is 2.50 bits per heavy atom. The quantitative estimate of drug-likeness (QED) is 0.567. The van der Waals surface area contributed by atoms with Crippen LogP contribution in [0.4, 0.5) is 0 Å². The molecule has 0 bridgehead atoms. The first-order valence-electron chi connectivity index (χ1n) is 4.01. The molecule has 1 atom stereocenters. The molecule has 0 aromatic heterocycles. The minimum absolute atomic E-state index is 0.0383. The van der Waals surface area contributed by atoms with Crippen molar-refractivity contribution in [3.8, 4) is 0 Å². The van der Waals surface area contributed by atoms with Gasteiger partial charge in [-0.2, -0.15) is 0 Å². The predicted molar refractivity (Wildman–Crippen MR) is 46.6 cm³/mol. The summed E-state index contributed by atoms with van der Waals surface area (Å²) >= 11 is 0. The summed E-state index contributed by atoms with van der Waals surface area (Å²) in [5.41, 5.74) is 1.00.